The minimum Gasteiger partial charge on any atom is -0.496 e. The number of pyridine rings is 1. The molecule has 26 heavy (non-hydrogen) atoms. The van der Waals surface area contributed by atoms with E-state index < -0.39 is 0 Å². The summed E-state index contributed by atoms with van der Waals surface area (Å²) in [7, 11) is 1.65. The lowest BCUT2D eigenvalue weighted by Gasteiger charge is -2.35. The zero-order valence-corrected chi connectivity index (χ0v) is 15.4. The number of likely N-dealkylation sites (tertiary alicyclic amines) is 1. The monoisotopic (exact) mass is 353 g/mol. The van der Waals surface area contributed by atoms with Crippen LogP contribution in [0.25, 0.3) is 0 Å². The summed E-state index contributed by atoms with van der Waals surface area (Å²) >= 11 is 0. The van der Waals surface area contributed by atoms with Gasteiger partial charge in [0.2, 0.25) is 5.91 Å². The van der Waals surface area contributed by atoms with E-state index in [4.69, 9.17) is 4.74 Å². The first kappa shape index (κ1) is 18.4. The quantitative estimate of drug-likeness (QED) is 0.830. The van der Waals surface area contributed by atoms with Crippen molar-refractivity contribution in [2.24, 2.45) is 0 Å². The fourth-order valence-corrected chi connectivity index (χ4v) is 3.54. The second-order valence-electron chi connectivity index (χ2n) is 6.64. The summed E-state index contributed by atoms with van der Waals surface area (Å²) in [4.78, 5) is 19.2. The van der Waals surface area contributed by atoms with Crippen molar-refractivity contribution in [3.63, 3.8) is 0 Å². The Morgan fingerprint density at radius 2 is 2.08 bits per heavy atom. The number of nitrogens with zero attached hydrogens (tertiary/aromatic N) is 2. The molecule has 0 aliphatic carbocycles. The van der Waals surface area contributed by atoms with Crippen molar-refractivity contribution in [1.82, 2.24) is 15.2 Å². The standard InChI is InChI=1S/C21H27N3O2/c1-26-20-11-3-2-8-17(20)16-23-21(25)12-15-24-14-7-5-10-19(24)18-9-4-6-13-22-18/h2-4,6,8-9,11,13,19H,5,7,10,12,14-16H2,1H3,(H,23,25). The van der Waals surface area contributed by atoms with Gasteiger partial charge in [-0.05, 0) is 37.6 Å². The summed E-state index contributed by atoms with van der Waals surface area (Å²) in [5.74, 6) is 0.875. The van der Waals surface area contributed by atoms with Crippen LogP contribution in [-0.2, 0) is 11.3 Å². The number of ether oxygens (including phenoxy) is 1. The van der Waals surface area contributed by atoms with E-state index >= 15 is 0 Å². The first-order valence-corrected chi connectivity index (χ1v) is 9.31. The normalized spacial score (nSPS) is 17.7. The van der Waals surface area contributed by atoms with Gasteiger partial charge in [0.25, 0.3) is 0 Å². The van der Waals surface area contributed by atoms with Crippen LogP contribution in [0.2, 0.25) is 0 Å². The molecule has 1 saturated heterocycles. The van der Waals surface area contributed by atoms with E-state index in [1.807, 2.05) is 42.6 Å². The molecule has 2 heterocycles. The average molecular weight is 353 g/mol. The lowest BCUT2D eigenvalue weighted by Crippen LogP contribution is -2.37. The Kier molecular flexibility index (Phi) is 6.61. The Balaban J connectivity index is 1.51. The zero-order chi connectivity index (χ0) is 18.2. The molecule has 0 saturated carbocycles. The Bertz CT molecular complexity index is 705. The number of carbonyl (C=O) groups is 1. The maximum Gasteiger partial charge on any atom is 0.221 e. The number of hydrogen-bond acceptors (Lipinski definition) is 4. The Hall–Kier alpha value is -2.40. The Morgan fingerprint density at radius 3 is 2.88 bits per heavy atom. The van der Waals surface area contributed by atoms with Crippen molar-refractivity contribution in [2.45, 2.75) is 38.3 Å². The largest absolute Gasteiger partial charge is 0.496 e. The second kappa shape index (κ2) is 9.34. The molecular formula is C21H27N3O2. The van der Waals surface area contributed by atoms with E-state index in [1.165, 1.54) is 12.8 Å². The van der Waals surface area contributed by atoms with Gasteiger partial charge in [-0.25, -0.2) is 0 Å². The number of nitrogens with one attached hydrogen (secondary N) is 1. The molecule has 5 nitrogen and oxygen atoms in total. The highest BCUT2D eigenvalue weighted by molar-refractivity contribution is 5.76. The highest BCUT2D eigenvalue weighted by Gasteiger charge is 2.24. The molecule has 3 rings (SSSR count). The molecule has 1 atom stereocenters. The summed E-state index contributed by atoms with van der Waals surface area (Å²) in [5.41, 5.74) is 2.11. The number of amides is 1. The first-order chi connectivity index (χ1) is 12.8. The molecule has 1 aliphatic heterocycles. The molecule has 1 aliphatic rings. The van der Waals surface area contributed by atoms with Crippen LogP contribution in [0.5, 0.6) is 5.75 Å². The fraction of sp³-hybridized carbons (Fsp3) is 0.429. The lowest BCUT2D eigenvalue weighted by atomic mass is 9.98. The molecule has 0 radical (unpaired) electrons. The van der Waals surface area contributed by atoms with Crippen LogP contribution in [0, 0.1) is 0 Å². The number of methoxy groups -OCH3 is 1. The van der Waals surface area contributed by atoms with Gasteiger partial charge in [-0.3, -0.25) is 14.7 Å². The molecule has 138 valence electrons. The van der Waals surface area contributed by atoms with Gasteiger partial charge in [-0.2, -0.15) is 0 Å². The highest BCUT2D eigenvalue weighted by Crippen LogP contribution is 2.29. The topological polar surface area (TPSA) is 54.5 Å². The minimum atomic E-state index is 0.0706. The Morgan fingerprint density at radius 1 is 1.23 bits per heavy atom. The molecule has 1 aromatic carbocycles. The van der Waals surface area contributed by atoms with Crippen molar-refractivity contribution in [1.29, 1.82) is 0 Å². The molecule has 5 heteroatoms. The SMILES string of the molecule is COc1ccccc1CNC(=O)CCN1CCCCC1c1ccccn1. The molecule has 1 N–H and O–H groups in total. The summed E-state index contributed by atoms with van der Waals surface area (Å²) < 4.78 is 5.33. The first-order valence-electron chi connectivity index (χ1n) is 9.31. The number of piperidine rings is 1. The fourth-order valence-electron chi connectivity index (χ4n) is 3.54. The summed E-state index contributed by atoms with van der Waals surface area (Å²) in [5, 5.41) is 3.01. The predicted molar refractivity (Wildman–Crippen MR) is 102 cm³/mol. The Labute approximate surface area is 155 Å². The van der Waals surface area contributed by atoms with E-state index in [0.717, 1.165) is 36.5 Å². The van der Waals surface area contributed by atoms with Gasteiger partial charge >= 0.3 is 0 Å². The minimum absolute atomic E-state index is 0.0706. The van der Waals surface area contributed by atoms with E-state index in [1.54, 1.807) is 7.11 Å². The number of benzene rings is 1. The van der Waals surface area contributed by atoms with Crippen LogP contribution in [0.1, 0.15) is 43.0 Å². The van der Waals surface area contributed by atoms with Crippen LogP contribution in [0.15, 0.2) is 48.7 Å². The van der Waals surface area contributed by atoms with Gasteiger partial charge in [0.05, 0.1) is 18.8 Å². The van der Waals surface area contributed by atoms with E-state index in [2.05, 4.69) is 21.3 Å². The van der Waals surface area contributed by atoms with Crippen molar-refractivity contribution in [3.8, 4) is 5.75 Å². The smallest absolute Gasteiger partial charge is 0.221 e. The predicted octanol–water partition coefficient (Wildman–Crippen LogP) is 3.32. The molecule has 0 bridgehead atoms. The highest BCUT2D eigenvalue weighted by atomic mass is 16.5. The summed E-state index contributed by atoms with van der Waals surface area (Å²) in [6.07, 6.45) is 5.87. The number of aromatic nitrogens is 1. The molecular weight excluding hydrogens is 326 g/mol. The third-order valence-electron chi connectivity index (χ3n) is 4.94. The number of hydrogen-bond donors (Lipinski definition) is 1. The number of carbonyl (C=O) groups excluding carboxylic acids is 1. The third kappa shape index (κ3) is 4.82. The summed E-state index contributed by atoms with van der Waals surface area (Å²) in [6.45, 7) is 2.28. The van der Waals surface area contributed by atoms with Crippen LogP contribution < -0.4 is 10.1 Å². The van der Waals surface area contributed by atoms with Crippen LogP contribution >= 0.6 is 0 Å². The molecule has 1 unspecified atom stereocenters. The van der Waals surface area contributed by atoms with Gasteiger partial charge in [0.15, 0.2) is 0 Å². The van der Waals surface area contributed by atoms with Crippen LogP contribution in [0.3, 0.4) is 0 Å². The lowest BCUT2D eigenvalue weighted by molar-refractivity contribution is -0.121. The van der Waals surface area contributed by atoms with Gasteiger partial charge in [0.1, 0.15) is 5.75 Å². The van der Waals surface area contributed by atoms with E-state index in [0.29, 0.717) is 19.0 Å². The van der Waals surface area contributed by atoms with Gasteiger partial charge < -0.3 is 10.1 Å². The third-order valence-corrected chi connectivity index (χ3v) is 4.94. The van der Waals surface area contributed by atoms with Crippen molar-refractivity contribution < 1.29 is 9.53 Å². The van der Waals surface area contributed by atoms with Crippen LogP contribution in [-0.4, -0.2) is 36.0 Å². The molecule has 1 aromatic heterocycles. The van der Waals surface area contributed by atoms with E-state index in [9.17, 15) is 4.79 Å². The van der Waals surface area contributed by atoms with Crippen molar-refractivity contribution in [2.75, 3.05) is 20.2 Å². The van der Waals surface area contributed by atoms with Gasteiger partial charge in [-0.1, -0.05) is 30.7 Å². The van der Waals surface area contributed by atoms with Crippen LogP contribution in [0.4, 0.5) is 0 Å². The second-order valence-corrected chi connectivity index (χ2v) is 6.64. The number of rotatable bonds is 7. The van der Waals surface area contributed by atoms with Crippen molar-refractivity contribution >= 4 is 5.91 Å². The maximum atomic E-state index is 12.3. The average Bonchev–Trinajstić information content (AvgIpc) is 2.71. The molecule has 1 amide bonds. The maximum absolute atomic E-state index is 12.3. The van der Waals surface area contributed by atoms with Crippen molar-refractivity contribution in [3.05, 3.63) is 59.9 Å². The van der Waals surface area contributed by atoms with Gasteiger partial charge in [-0.15, -0.1) is 0 Å². The number of para-hydroxylation sites is 1. The molecule has 0 spiro atoms. The molecule has 1 fully saturated rings. The van der Waals surface area contributed by atoms with Gasteiger partial charge in [0, 0.05) is 31.3 Å². The van der Waals surface area contributed by atoms with E-state index in [-0.39, 0.29) is 5.91 Å². The molecule has 2 aromatic rings. The zero-order valence-electron chi connectivity index (χ0n) is 15.4. The summed E-state index contributed by atoms with van der Waals surface area (Å²) in [6, 6.07) is 14.2.